The molecule has 2 amide bonds. The van der Waals surface area contributed by atoms with Gasteiger partial charge in [-0.25, -0.2) is 4.98 Å². The van der Waals surface area contributed by atoms with Crippen LogP contribution in [0.2, 0.25) is 0 Å². The number of thiophene rings is 1. The van der Waals surface area contributed by atoms with Crippen LogP contribution in [0, 0.1) is 0 Å². The van der Waals surface area contributed by atoms with E-state index >= 15 is 0 Å². The summed E-state index contributed by atoms with van der Waals surface area (Å²) in [4.78, 5) is 42.5. The Hall–Kier alpha value is -2.52. The maximum atomic E-state index is 13.3. The lowest BCUT2D eigenvalue weighted by Crippen LogP contribution is -2.57. The van der Waals surface area contributed by atoms with Crippen molar-refractivity contribution >= 4 is 44.2 Å². The number of likely N-dealkylation sites (tertiary alicyclic amines) is 2. The van der Waals surface area contributed by atoms with Crippen LogP contribution in [-0.2, 0) is 4.79 Å². The van der Waals surface area contributed by atoms with Crippen LogP contribution in [0.5, 0.6) is 0 Å². The molecule has 2 N–H and O–H groups in total. The Morgan fingerprint density at radius 2 is 2.09 bits per heavy atom. The van der Waals surface area contributed by atoms with E-state index in [1.807, 2.05) is 35.8 Å². The number of aromatic nitrogens is 1. The maximum absolute atomic E-state index is 13.3. The molecule has 9 heteroatoms. The summed E-state index contributed by atoms with van der Waals surface area (Å²) in [6.07, 6.45) is 5.33. The molecule has 170 valence electrons. The second-order valence-corrected chi connectivity index (χ2v) is 10.1. The van der Waals surface area contributed by atoms with Gasteiger partial charge >= 0.3 is 0 Å². The number of nitrogens with two attached hydrogens (primary N) is 1. The Balaban J connectivity index is 1.26. The van der Waals surface area contributed by atoms with Crippen molar-refractivity contribution in [2.24, 2.45) is 4.99 Å². The molecule has 0 aromatic carbocycles. The van der Waals surface area contributed by atoms with E-state index in [4.69, 9.17) is 10.7 Å². The number of fused-ring (bicyclic) bond motifs is 1. The van der Waals surface area contributed by atoms with Crippen LogP contribution in [0.15, 0.2) is 23.3 Å². The number of aliphatic imine (C=N–C) groups is 1. The summed E-state index contributed by atoms with van der Waals surface area (Å²) < 4.78 is 0. The van der Waals surface area contributed by atoms with Gasteiger partial charge in [-0.05, 0) is 58.2 Å². The van der Waals surface area contributed by atoms with Crippen LogP contribution in [0.25, 0.3) is 10.2 Å². The molecule has 5 heterocycles. The smallest absolute Gasteiger partial charge is 0.257 e. The number of carbonyl (C=O) groups excluding carboxylic acids is 2. The predicted octanol–water partition coefficient (Wildman–Crippen LogP) is 2.60. The molecule has 1 spiro atoms. The number of nitrogen functional groups attached to an aromatic ring is 1. The molecule has 1 unspecified atom stereocenters. The number of piperidine rings is 2. The van der Waals surface area contributed by atoms with Crippen LogP contribution >= 0.6 is 11.3 Å². The molecule has 5 rings (SSSR count). The van der Waals surface area contributed by atoms with E-state index < -0.39 is 5.54 Å². The van der Waals surface area contributed by atoms with Crippen molar-refractivity contribution in [3.05, 3.63) is 23.9 Å². The number of anilines is 1. The first-order chi connectivity index (χ1) is 15.4. The zero-order valence-corrected chi connectivity index (χ0v) is 19.5. The van der Waals surface area contributed by atoms with Gasteiger partial charge in [0, 0.05) is 43.8 Å². The van der Waals surface area contributed by atoms with Gasteiger partial charge in [-0.2, -0.15) is 0 Å². The maximum Gasteiger partial charge on any atom is 0.257 e. The largest absolute Gasteiger partial charge is 0.390 e. The number of likely N-dealkylation sites (N-methyl/N-ethyl adjacent to an activating group) is 1. The minimum absolute atomic E-state index is 0.0000903. The molecule has 0 bridgehead atoms. The van der Waals surface area contributed by atoms with Crippen molar-refractivity contribution in [1.29, 1.82) is 0 Å². The first-order valence-electron chi connectivity index (χ1n) is 11.5. The molecule has 1 atom stereocenters. The average molecular weight is 455 g/mol. The molecular weight excluding hydrogens is 424 g/mol. The van der Waals surface area contributed by atoms with Crippen molar-refractivity contribution in [3.8, 4) is 0 Å². The Bertz CT molecular complexity index is 1090. The van der Waals surface area contributed by atoms with Crippen LogP contribution in [0.3, 0.4) is 0 Å². The van der Waals surface area contributed by atoms with Crippen LogP contribution in [-0.4, -0.2) is 81.6 Å². The van der Waals surface area contributed by atoms with Crippen molar-refractivity contribution < 1.29 is 9.59 Å². The van der Waals surface area contributed by atoms with Gasteiger partial charge in [-0.15, -0.1) is 0 Å². The lowest BCUT2D eigenvalue weighted by atomic mass is 9.87. The standard InChI is InChI=1S/C23H30N6O2S/c1-3-29-15(2)26-23(22(29)31)9-5-11-28(14-23)16-7-12-27(13-8-16)21(30)18-17-6-4-10-25-20(17)32-19(18)24/h4,6,10,16H,3,5,7-9,11-14,24H2,1-2H3. The Morgan fingerprint density at radius 1 is 1.31 bits per heavy atom. The van der Waals surface area contributed by atoms with Gasteiger partial charge < -0.3 is 10.6 Å². The Kier molecular flexibility index (Phi) is 5.41. The molecule has 2 saturated heterocycles. The quantitative estimate of drug-likeness (QED) is 0.769. The van der Waals surface area contributed by atoms with E-state index in [1.165, 1.54) is 11.3 Å². The number of pyridine rings is 1. The van der Waals surface area contributed by atoms with Gasteiger partial charge in [-0.1, -0.05) is 11.3 Å². The van der Waals surface area contributed by atoms with Gasteiger partial charge in [-0.3, -0.25) is 24.4 Å². The summed E-state index contributed by atoms with van der Waals surface area (Å²) in [7, 11) is 0. The number of carbonyl (C=O) groups is 2. The summed E-state index contributed by atoms with van der Waals surface area (Å²) in [5, 5.41) is 1.38. The minimum Gasteiger partial charge on any atom is -0.390 e. The number of amidine groups is 1. The second kappa shape index (κ2) is 8.12. The lowest BCUT2D eigenvalue weighted by Gasteiger charge is -2.44. The highest BCUT2D eigenvalue weighted by Crippen LogP contribution is 2.36. The first kappa shape index (κ1) is 21.3. The molecule has 3 aliphatic heterocycles. The van der Waals surface area contributed by atoms with E-state index in [2.05, 4.69) is 9.88 Å². The third-order valence-electron chi connectivity index (χ3n) is 7.20. The Morgan fingerprint density at radius 3 is 2.81 bits per heavy atom. The zero-order valence-electron chi connectivity index (χ0n) is 18.7. The fourth-order valence-electron chi connectivity index (χ4n) is 5.60. The van der Waals surface area contributed by atoms with Gasteiger partial charge in [0.15, 0.2) is 5.54 Å². The highest BCUT2D eigenvalue weighted by Gasteiger charge is 2.50. The van der Waals surface area contributed by atoms with Crippen molar-refractivity contribution in [1.82, 2.24) is 19.7 Å². The monoisotopic (exact) mass is 454 g/mol. The van der Waals surface area contributed by atoms with Crippen molar-refractivity contribution in [2.75, 3.05) is 38.5 Å². The molecule has 0 saturated carbocycles. The Labute approximate surface area is 192 Å². The SMILES string of the molecule is CCN1C(=O)C2(CCCN(C3CCN(C(=O)c4c(N)sc5ncccc45)CC3)C2)N=C1C. The summed E-state index contributed by atoms with van der Waals surface area (Å²) in [6, 6.07) is 4.13. The molecule has 0 aliphatic carbocycles. The molecule has 2 aromatic rings. The van der Waals surface area contributed by atoms with Crippen LogP contribution in [0.4, 0.5) is 5.00 Å². The first-order valence-corrected chi connectivity index (χ1v) is 12.3. The molecule has 2 fully saturated rings. The van der Waals surface area contributed by atoms with Gasteiger partial charge in [0.25, 0.3) is 11.8 Å². The number of amides is 2. The summed E-state index contributed by atoms with van der Waals surface area (Å²) in [6.45, 7) is 7.68. The number of hydrogen-bond donors (Lipinski definition) is 1. The highest BCUT2D eigenvalue weighted by atomic mass is 32.1. The van der Waals surface area contributed by atoms with Crippen LogP contribution in [0.1, 0.15) is 49.9 Å². The van der Waals surface area contributed by atoms with Crippen molar-refractivity contribution in [2.45, 2.75) is 51.1 Å². The molecule has 2 aromatic heterocycles. The number of hydrogen-bond acceptors (Lipinski definition) is 7. The normalized spacial score (nSPS) is 25.2. The third-order valence-corrected chi connectivity index (χ3v) is 8.14. The van der Waals surface area contributed by atoms with E-state index in [0.29, 0.717) is 42.8 Å². The second-order valence-electron chi connectivity index (χ2n) is 9.03. The topological polar surface area (TPSA) is 95.1 Å². The minimum atomic E-state index is -0.609. The van der Waals surface area contributed by atoms with E-state index in [9.17, 15) is 9.59 Å². The van der Waals surface area contributed by atoms with E-state index in [-0.39, 0.29) is 11.8 Å². The zero-order chi connectivity index (χ0) is 22.5. The highest BCUT2D eigenvalue weighted by molar-refractivity contribution is 7.22. The van der Waals surface area contributed by atoms with Crippen molar-refractivity contribution in [3.63, 3.8) is 0 Å². The third kappa shape index (κ3) is 3.38. The van der Waals surface area contributed by atoms with Gasteiger partial charge in [0.2, 0.25) is 0 Å². The molecule has 3 aliphatic rings. The van der Waals surface area contributed by atoms with E-state index in [0.717, 1.165) is 48.3 Å². The number of nitrogens with zero attached hydrogens (tertiary/aromatic N) is 5. The summed E-state index contributed by atoms with van der Waals surface area (Å²) >= 11 is 1.37. The average Bonchev–Trinajstić information content (AvgIpc) is 3.25. The summed E-state index contributed by atoms with van der Waals surface area (Å²) in [5.74, 6) is 0.998. The fourth-order valence-corrected chi connectivity index (χ4v) is 6.50. The molecule has 0 radical (unpaired) electrons. The van der Waals surface area contributed by atoms with Gasteiger partial charge in [0.05, 0.1) is 5.56 Å². The molecule has 32 heavy (non-hydrogen) atoms. The molecular formula is C23H30N6O2S. The van der Waals surface area contributed by atoms with Crippen LogP contribution < -0.4 is 5.73 Å². The summed E-state index contributed by atoms with van der Waals surface area (Å²) in [5.41, 5.74) is 6.18. The predicted molar refractivity (Wildman–Crippen MR) is 127 cm³/mol. The number of rotatable bonds is 3. The lowest BCUT2D eigenvalue weighted by molar-refractivity contribution is -0.133. The molecule has 8 nitrogen and oxygen atoms in total. The van der Waals surface area contributed by atoms with Gasteiger partial charge in [0.1, 0.15) is 15.7 Å². The van der Waals surface area contributed by atoms with E-state index in [1.54, 1.807) is 6.20 Å². The fraction of sp³-hybridized carbons (Fsp3) is 0.565.